The van der Waals surface area contributed by atoms with E-state index in [-0.39, 0.29) is 24.0 Å². The molecule has 1 aromatic rings. The molecule has 0 bridgehead atoms. The van der Waals surface area contributed by atoms with Gasteiger partial charge in [0.1, 0.15) is 5.75 Å². The Labute approximate surface area is 126 Å². The predicted molar refractivity (Wildman–Crippen MR) is 82.4 cm³/mol. The lowest BCUT2D eigenvalue weighted by atomic mass is 9.85. The first-order valence-corrected chi connectivity index (χ1v) is 7.52. The number of nitrogens with one attached hydrogen (secondary N) is 1. The molecule has 1 saturated carbocycles. The van der Waals surface area contributed by atoms with Crippen LogP contribution >= 0.6 is 0 Å². The molecule has 0 saturated heterocycles. The van der Waals surface area contributed by atoms with Crippen LogP contribution in [0.3, 0.4) is 0 Å². The summed E-state index contributed by atoms with van der Waals surface area (Å²) in [6.07, 6.45) is 3.31. The van der Waals surface area contributed by atoms with Crippen molar-refractivity contribution in [3.05, 3.63) is 29.3 Å². The van der Waals surface area contributed by atoms with Crippen LogP contribution in [0.25, 0.3) is 0 Å². The molecule has 116 valence electrons. The number of aliphatic hydroxyl groups is 1. The Kier molecular flexibility index (Phi) is 4.88. The molecule has 1 aliphatic carbocycles. The van der Waals surface area contributed by atoms with Crippen molar-refractivity contribution in [3.63, 3.8) is 0 Å². The Hall–Kier alpha value is -1.55. The maximum Gasteiger partial charge on any atom is 0.224 e. The summed E-state index contributed by atoms with van der Waals surface area (Å²) >= 11 is 0. The second-order valence-corrected chi connectivity index (χ2v) is 6.31. The zero-order valence-electron chi connectivity index (χ0n) is 13.1. The molecule has 1 aromatic carbocycles. The Balaban J connectivity index is 1.99. The number of aryl methyl sites for hydroxylation is 1. The maximum absolute atomic E-state index is 12.2. The highest BCUT2D eigenvalue weighted by molar-refractivity contribution is 5.79. The predicted octanol–water partition coefficient (Wildman–Crippen LogP) is 2.21. The number of benzene rings is 1. The number of amides is 1. The molecule has 2 atom stereocenters. The summed E-state index contributed by atoms with van der Waals surface area (Å²) < 4.78 is 5.29. The van der Waals surface area contributed by atoms with Crippen LogP contribution in [0.4, 0.5) is 0 Å². The van der Waals surface area contributed by atoms with Crippen molar-refractivity contribution >= 4 is 5.91 Å². The molecule has 2 unspecified atom stereocenters. The zero-order chi connectivity index (χ0) is 15.5. The molecule has 0 heterocycles. The summed E-state index contributed by atoms with van der Waals surface area (Å²) in [7, 11) is 1.64. The van der Waals surface area contributed by atoms with Gasteiger partial charge in [0.15, 0.2) is 0 Å². The third-order valence-electron chi connectivity index (χ3n) is 4.62. The van der Waals surface area contributed by atoms with E-state index in [0.29, 0.717) is 6.42 Å². The summed E-state index contributed by atoms with van der Waals surface area (Å²) in [5.74, 6) is 0.814. The Bertz CT molecular complexity index is 515. The number of aliphatic hydroxyl groups excluding tert-OH is 1. The third-order valence-corrected chi connectivity index (χ3v) is 4.62. The normalized spacial score (nSPS) is 24.9. The number of methoxy groups -OCH3 is 1. The molecule has 4 heteroatoms. The summed E-state index contributed by atoms with van der Waals surface area (Å²) in [6, 6.07) is 5.91. The van der Waals surface area contributed by atoms with E-state index in [2.05, 4.69) is 5.32 Å². The highest BCUT2D eigenvalue weighted by atomic mass is 16.5. The highest BCUT2D eigenvalue weighted by Gasteiger charge is 2.38. The smallest absolute Gasteiger partial charge is 0.224 e. The van der Waals surface area contributed by atoms with Crippen molar-refractivity contribution in [3.8, 4) is 5.75 Å². The lowest BCUT2D eigenvalue weighted by Gasteiger charge is -2.30. The number of ether oxygens (including phenoxy) is 1. The standard InChI is InChI=1S/C17H25NO3/c1-12-6-7-13(9-14(12)21-3)10-16(20)18-15-5-4-8-17(15,2)11-19/h6-7,9,15,19H,4-5,8,10-11H2,1-3H3,(H,18,20). The van der Waals surface area contributed by atoms with E-state index in [9.17, 15) is 9.90 Å². The molecule has 0 aromatic heterocycles. The van der Waals surface area contributed by atoms with E-state index in [4.69, 9.17) is 4.74 Å². The quantitative estimate of drug-likeness (QED) is 0.874. The highest BCUT2D eigenvalue weighted by Crippen LogP contribution is 2.37. The fraction of sp³-hybridized carbons (Fsp3) is 0.588. The van der Waals surface area contributed by atoms with Gasteiger partial charge < -0.3 is 15.2 Å². The lowest BCUT2D eigenvalue weighted by Crippen LogP contribution is -2.45. The van der Waals surface area contributed by atoms with Gasteiger partial charge in [-0.25, -0.2) is 0 Å². The van der Waals surface area contributed by atoms with Gasteiger partial charge >= 0.3 is 0 Å². The molecule has 0 radical (unpaired) electrons. The summed E-state index contributed by atoms with van der Waals surface area (Å²) in [6.45, 7) is 4.14. The molecule has 21 heavy (non-hydrogen) atoms. The van der Waals surface area contributed by atoms with Crippen LogP contribution in [-0.4, -0.2) is 30.8 Å². The minimum absolute atomic E-state index is 0.00693. The molecule has 1 aliphatic rings. The zero-order valence-corrected chi connectivity index (χ0v) is 13.1. The fourth-order valence-corrected chi connectivity index (χ4v) is 3.07. The van der Waals surface area contributed by atoms with Gasteiger partial charge in [0, 0.05) is 11.5 Å². The number of rotatable bonds is 5. The van der Waals surface area contributed by atoms with Crippen LogP contribution < -0.4 is 10.1 Å². The van der Waals surface area contributed by atoms with Crippen molar-refractivity contribution in [2.24, 2.45) is 5.41 Å². The van der Waals surface area contributed by atoms with Gasteiger partial charge in [-0.1, -0.05) is 25.5 Å². The maximum atomic E-state index is 12.2. The van der Waals surface area contributed by atoms with Crippen molar-refractivity contribution in [1.82, 2.24) is 5.32 Å². The number of hydrogen-bond donors (Lipinski definition) is 2. The minimum atomic E-state index is -0.180. The van der Waals surface area contributed by atoms with Gasteiger partial charge in [0.2, 0.25) is 5.91 Å². The fourth-order valence-electron chi connectivity index (χ4n) is 3.07. The van der Waals surface area contributed by atoms with Crippen LogP contribution in [0.2, 0.25) is 0 Å². The van der Waals surface area contributed by atoms with Crippen molar-refractivity contribution in [2.45, 2.75) is 45.6 Å². The van der Waals surface area contributed by atoms with E-state index in [0.717, 1.165) is 36.1 Å². The second kappa shape index (κ2) is 6.48. The largest absolute Gasteiger partial charge is 0.496 e. The van der Waals surface area contributed by atoms with Crippen molar-refractivity contribution in [2.75, 3.05) is 13.7 Å². The van der Waals surface area contributed by atoms with Gasteiger partial charge in [-0.05, 0) is 37.0 Å². The van der Waals surface area contributed by atoms with Crippen LogP contribution in [0.15, 0.2) is 18.2 Å². The number of carbonyl (C=O) groups is 1. The van der Waals surface area contributed by atoms with E-state index < -0.39 is 0 Å². The number of hydrogen-bond acceptors (Lipinski definition) is 3. The summed E-state index contributed by atoms with van der Waals surface area (Å²) in [5.41, 5.74) is 1.82. The first-order chi connectivity index (χ1) is 9.98. The van der Waals surface area contributed by atoms with Gasteiger partial charge in [0.25, 0.3) is 0 Å². The molecule has 1 amide bonds. The average molecular weight is 291 g/mol. The van der Waals surface area contributed by atoms with Gasteiger partial charge in [-0.3, -0.25) is 4.79 Å². The van der Waals surface area contributed by atoms with Crippen LogP contribution in [0.5, 0.6) is 5.75 Å². The van der Waals surface area contributed by atoms with Crippen molar-refractivity contribution < 1.29 is 14.6 Å². The molecule has 0 aliphatic heterocycles. The molecule has 1 fully saturated rings. The molecular weight excluding hydrogens is 266 g/mol. The van der Waals surface area contributed by atoms with Crippen LogP contribution in [0, 0.1) is 12.3 Å². The van der Waals surface area contributed by atoms with Gasteiger partial charge in [-0.2, -0.15) is 0 Å². The molecular formula is C17H25NO3. The molecule has 2 N–H and O–H groups in total. The molecule has 2 rings (SSSR count). The van der Waals surface area contributed by atoms with Gasteiger partial charge in [0.05, 0.1) is 20.1 Å². The van der Waals surface area contributed by atoms with Crippen LogP contribution in [-0.2, 0) is 11.2 Å². The van der Waals surface area contributed by atoms with Crippen LogP contribution in [0.1, 0.15) is 37.3 Å². The van der Waals surface area contributed by atoms with Gasteiger partial charge in [-0.15, -0.1) is 0 Å². The average Bonchev–Trinajstić information content (AvgIpc) is 2.83. The third kappa shape index (κ3) is 3.56. The Morgan fingerprint density at radius 3 is 2.95 bits per heavy atom. The Morgan fingerprint density at radius 1 is 1.52 bits per heavy atom. The first-order valence-electron chi connectivity index (χ1n) is 7.52. The van der Waals surface area contributed by atoms with E-state index >= 15 is 0 Å². The molecule has 4 nitrogen and oxygen atoms in total. The summed E-state index contributed by atoms with van der Waals surface area (Å²) in [4.78, 5) is 12.2. The number of carbonyl (C=O) groups excluding carboxylic acids is 1. The monoisotopic (exact) mass is 291 g/mol. The Morgan fingerprint density at radius 2 is 2.29 bits per heavy atom. The lowest BCUT2D eigenvalue weighted by molar-refractivity contribution is -0.122. The molecule has 0 spiro atoms. The SMILES string of the molecule is COc1cc(CC(=O)NC2CCCC2(C)CO)ccc1C. The summed E-state index contributed by atoms with van der Waals surface area (Å²) in [5, 5.41) is 12.6. The van der Waals surface area contributed by atoms with E-state index in [1.807, 2.05) is 32.0 Å². The van der Waals surface area contributed by atoms with E-state index in [1.165, 1.54) is 0 Å². The first kappa shape index (κ1) is 15.8. The van der Waals surface area contributed by atoms with E-state index in [1.54, 1.807) is 7.11 Å². The minimum Gasteiger partial charge on any atom is -0.496 e. The van der Waals surface area contributed by atoms with Crippen molar-refractivity contribution in [1.29, 1.82) is 0 Å². The second-order valence-electron chi connectivity index (χ2n) is 6.31. The topological polar surface area (TPSA) is 58.6 Å².